The van der Waals surface area contributed by atoms with E-state index in [0.717, 1.165) is 24.1 Å². The number of hydrogen-bond donors (Lipinski definition) is 2. The van der Waals surface area contributed by atoms with Crippen LogP contribution >= 0.6 is 11.3 Å². The number of hydrogen-bond acceptors (Lipinski definition) is 3. The largest absolute Gasteiger partial charge is 0.351 e. The summed E-state index contributed by atoms with van der Waals surface area (Å²) in [5.41, 5.74) is 2.48. The molecule has 0 radical (unpaired) electrons. The Labute approximate surface area is 160 Å². The maximum Gasteiger partial charge on any atom is 0.261 e. The van der Waals surface area contributed by atoms with Crippen LogP contribution in [0.25, 0.3) is 0 Å². The Morgan fingerprint density at radius 3 is 2.65 bits per heavy atom. The molecule has 5 heteroatoms. The summed E-state index contributed by atoms with van der Waals surface area (Å²) in [5.74, 6) is 0.278. The van der Waals surface area contributed by atoms with Crippen molar-refractivity contribution in [2.75, 3.05) is 6.54 Å². The molecular formula is C21H29FN2OS. The predicted molar refractivity (Wildman–Crippen MR) is 112 cm³/mol. The first-order chi connectivity index (χ1) is 12.1. The summed E-state index contributed by atoms with van der Waals surface area (Å²) in [6.07, 6.45) is 8.13. The number of rotatable bonds is 9. The van der Waals surface area contributed by atoms with Gasteiger partial charge in [-0.25, -0.2) is 0 Å². The lowest BCUT2D eigenvalue weighted by Gasteiger charge is -2.08. The van der Waals surface area contributed by atoms with E-state index in [2.05, 4.69) is 42.6 Å². The molecular weight excluding hydrogens is 347 g/mol. The van der Waals surface area contributed by atoms with E-state index >= 15 is 0 Å². The van der Waals surface area contributed by atoms with Crippen molar-refractivity contribution in [1.82, 2.24) is 5.32 Å². The van der Waals surface area contributed by atoms with E-state index in [4.69, 9.17) is 5.41 Å². The molecule has 2 N–H and O–H groups in total. The molecule has 1 atom stereocenters. The van der Waals surface area contributed by atoms with Crippen molar-refractivity contribution < 1.29 is 10.9 Å². The van der Waals surface area contributed by atoms with Gasteiger partial charge >= 0.3 is 0 Å². The highest BCUT2D eigenvalue weighted by Crippen LogP contribution is 2.29. The van der Waals surface area contributed by atoms with Gasteiger partial charge in [-0.2, -0.15) is 0 Å². The zero-order valence-corrected chi connectivity index (χ0v) is 16.1. The third-order valence-electron chi connectivity index (χ3n) is 4.08. The Bertz CT molecular complexity index is 728. The molecule has 142 valence electrons. The maximum atomic E-state index is 12.3. The number of carbonyl (C=O) groups excluding carboxylic acids is 1. The van der Waals surface area contributed by atoms with Crippen LogP contribution in [0.3, 0.4) is 0 Å². The van der Waals surface area contributed by atoms with Gasteiger partial charge in [0.1, 0.15) is 0 Å². The summed E-state index contributed by atoms with van der Waals surface area (Å²) >= 11 is 1.55. The van der Waals surface area contributed by atoms with Gasteiger partial charge in [-0.3, -0.25) is 9.50 Å². The fourth-order valence-electron chi connectivity index (χ4n) is 2.66. The SMILES string of the molecule is C/C=C\C(CCC=N)c1ccc(C(=O)NCCc2ccc(C)cc2)s1.F.[HH]. The molecule has 1 amide bonds. The van der Waals surface area contributed by atoms with Crippen molar-refractivity contribution >= 4 is 23.5 Å². The Hall–Kier alpha value is -2.27. The third kappa shape index (κ3) is 6.56. The zero-order valence-electron chi connectivity index (χ0n) is 15.3. The standard InChI is InChI=1S/C21H26N2OS.FH.H2/c1-3-5-18(6-4-14-22)19-11-12-20(25-19)21(24)23-15-13-17-9-7-16(2)8-10-17;;/h3,5,7-12,14,18,22H,4,6,13,15H2,1-2H3,(H,23,24);2*1H/b5-3-,22-14?;;. The molecule has 0 aliphatic heterocycles. The molecule has 1 unspecified atom stereocenters. The van der Waals surface area contributed by atoms with Crippen molar-refractivity contribution in [3.05, 3.63) is 69.4 Å². The van der Waals surface area contributed by atoms with Gasteiger partial charge < -0.3 is 10.7 Å². The van der Waals surface area contributed by atoms with Crippen molar-refractivity contribution in [1.29, 1.82) is 5.41 Å². The number of halogens is 1. The predicted octanol–water partition coefficient (Wildman–Crippen LogP) is 5.52. The first kappa shape index (κ1) is 21.8. The second kappa shape index (κ2) is 11.4. The van der Waals surface area contributed by atoms with Gasteiger partial charge in [0.15, 0.2) is 0 Å². The topological polar surface area (TPSA) is 53.0 Å². The summed E-state index contributed by atoms with van der Waals surface area (Å²) in [6.45, 7) is 4.72. The fraction of sp³-hybridized carbons (Fsp3) is 0.333. The number of nitrogens with one attached hydrogen (secondary N) is 2. The molecule has 0 bridgehead atoms. The van der Waals surface area contributed by atoms with Gasteiger partial charge in [-0.15, -0.1) is 11.3 Å². The second-order valence-electron chi connectivity index (χ2n) is 6.11. The van der Waals surface area contributed by atoms with Crippen molar-refractivity contribution in [3.63, 3.8) is 0 Å². The van der Waals surface area contributed by atoms with Crippen LogP contribution < -0.4 is 5.32 Å². The van der Waals surface area contributed by atoms with E-state index in [9.17, 15) is 4.79 Å². The van der Waals surface area contributed by atoms with E-state index < -0.39 is 0 Å². The molecule has 3 nitrogen and oxygen atoms in total. The monoisotopic (exact) mass is 376 g/mol. The Kier molecular flexibility index (Phi) is 9.52. The number of aryl methyl sites for hydroxylation is 1. The van der Waals surface area contributed by atoms with Gasteiger partial charge in [-0.1, -0.05) is 42.0 Å². The average Bonchev–Trinajstić information content (AvgIpc) is 3.10. The molecule has 26 heavy (non-hydrogen) atoms. The number of carbonyl (C=O) groups is 1. The van der Waals surface area contributed by atoms with Gasteiger partial charge in [0.2, 0.25) is 0 Å². The van der Waals surface area contributed by atoms with Gasteiger partial charge in [0.25, 0.3) is 5.91 Å². The number of amides is 1. The summed E-state index contributed by atoms with van der Waals surface area (Å²) in [4.78, 5) is 14.3. The number of allylic oxidation sites excluding steroid dienone is 2. The first-order valence-electron chi connectivity index (χ1n) is 8.69. The summed E-state index contributed by atoms with van der Waals surface area (Å²) in [7, 11) is 0. The molecule has 0 aliphatic rings. The molecule has 0 spiro atoms. The number of benzene rings is 1. The summed E-state index contributed by atoms with van der Waals surface area (Å²) in [5, 5.41) is 10.2. The molecule has 0 saturated carbocycles. The number of thiophene rings is 1. The van der Waals surface area contributed by atoms with E-state index in [1.165, 1.54) is 22.2 Å². The summed E-state index contributed by atoms with van der Waals surface area (Å²) in [6, 6.07) is 12.3. The Morgan fingerprint density at radius 1 is 1.27 bits per heavy atom. The Morgan fingerprint density at radius 2 is 2.00 bits per heavy atom. The lowest BCUT2D eigenvalue weighted by molar-refractivity contribution is 0.0958. The zero-order chi connectivity index (χ0) is 18.1. The van der Waals surface area contributed by atoms with E-state index in [-0.39, 0.29) is 18.0 Å². The lowest BCUT2D eigenvalue weighted by atomic mass is 10.0. The van der Waals surface area contributed by atoms with Gasteiger partial charge in [0, 0.05) is 18.8 Å². The van der Waals surface area contributed by atoms with E-state index in [1.54, 1.807) is 11.3 Å². The average molecular weight is 377 g/mol. The van der Waals surface area contributed by atoms with Crippen LogP contribution in [-0.4, -0.2) is 18.7 Å². The molecule has 1 aromatic carbocycles. The summed E-state index contributed by atoms with van der Waals surface area (Å²) < 4.78 is 0. The van der Waals surface area contributed by atoms with Crippen LogP contribution in [0.4, 0.5) is 4.70 Å². The minimum Gasteiger partial charge on any atom is -0.351 e. The van der Waals surface area contributed by atoms with Crippen LogP contribution in [0, 0.1) is 12.3 Å². The highest BCUT2D eigenvalue weighted by atomic mass is 32.1. The molecule has 2 rings (SSSR count). The van der Waals surface area contributed by atoms with Crippen molar-refractivity contribution in [3.8, 4) is 0 Å². The smallest absolute Gasteiger partial charge is 0.261 e. The van der Waals surface area contributed by atoms with Crippen molar-refractivity contribution in [2.24, 2.45) is 0 Å². The minimum atomic E-state index is -0.00496. The van der Waals surface area contributed by atoms with Crippen LogP contribution in [0.15, 0.2) is 48.6 Å². The van der Waals surface area contributed by atoms with Crippen LogP contribution in [0.5, 0.6) is 0 Å². The fourth-order valence-corrected chi connectivity index (χ4v) is 3.70. The molecule has 0 aliphatic carbocycles. The molecule has 1 aromatic heterocycles. The quantitative estimate of drug-likeness (QED) is 0.439. The third-order valence-corrected chi connectivity index (χ3v) is 5.30. The first-order valence-corrected chi connectivity index (χ1v) is 9.51. The lowest BCUT2D eigenvalue weighted by Crippen LogP contribution is -2.24. The molecule has 0 fully saturated rings. The van der Waals surface area contributed by atoms with E-state index in [0.29, 0.717) is 6.54 Å². The van der Waals surface area contributed by atoms with Crippen LogP contribution in [0.2, 0.25) is 0 Å². The maximum absolute atomic E-state index is 12.3. The second-order valence-corrected chi connectivity index (χ2v) is 7.22. The highest BCUT2D eigenvalue weighted by Gasteiger charge is 2.14. The van der Waals surface area contributed by atoms with Gasteiger partial charge in [0.05, 0.1) is 4.88 Å². The van der Waals surface area contributed by atoms with Crippen LogP contribution in [0.1, 0.15) is 52.8 Å². The molecule has 1 heterocycles. The Balaban J connectivity index is 0.00000338. The highest BCUT2D eigenvalue weighted by molar-refractivity contribution is 7.14. The normalized spacial score (nSPS) is 11.8. The minimum absolute atomic E-state index is 0. The van der Waals surface area contributed by atoms with Gasteiger partial charge in [-0.05, 0) is 57.0 Å². The molecule has 2 aromatic rings. The van der Waals surface area contributed by atoms with Crippen molar-refractivity contribution in [2.45, 2.75) is 39.0 Å². The molecule has 0 saturated heterocycles. The van der Waals surface area contributed by atoms with E-state index in [1.807, 2.05) is 25.1 Å². The van der Waals surface area contributed by atoms with Crippen LogP contribution in [-0.2, 0) is 6.42 Å².